The predicted molar refractivity (Wildman–Crippen MR) is 121 cm³/mol. The van der Waals surface area contributed by atoms with Gasteiger partial charge in [-0.05, 0) is 60.9 Å². The van der Waals surface area contributed by atoms with Crippen molar-refractivity contribution in [3.63, 3.8) is 0 Å². The Bertz CT molecular complexity index is 1100. The van der Waals surface area contributed by atoms with Gasteiger partial charge in [-0.2, -0.15) is 0 Å². The Labute approximate surface area is 186 Å². The lowest BCUT2D eigenvalue weighted by Crippen LogP contribution is -2.30. The molecule has 1 fully saturated rings. The van der Waals surface area contributed by atoms with Gasteiger partial charge in [0.1, 0.15) is 6.61 Å². The number of ether oxygens (including phenoxy) is 2. The summed E-state index contributed by atoms with van der Waals surface area (Å²) in [5.41, 5.74) is 2.49. The quantitative estimate of drug-likeness (QED) is 0.495. The van der Waals surface area contributed by atoms with Gasteiger partial charge in [0.15, 0.2) is 11.5 Å². The maximum absolute atomic E-state index is 12.8. The van der Waals surface area contributed by atoms with Gasteiger partial charge in [0.2, 0.25) is 0 Å². The Balaban J connectivity index is 1.42. The zero-order valence-electron chi connectivity index (χ0n) is 17.6. The van der Waals surface area contributed by atoms with Gasteiger partial charge >= 0.3 is 6.03 Å². The van der Waals surface area contributed by atoms with Gasteiger partial charge in [0.05, 0.1) is 7.11 Å². The average Bonchev–Trinajstić information content (AvgIpc) is 3.62. The van der Waals surface area contributed by atoms with Crippen molar-refractivity contribution in [3.8, 4) is 11.5 Å². The van der Waals surface area contributed by atoms with Crippen LogP contribution in [-0.2, 0) is 6.61 Å². The van der Waals surface area contributed by atoms with Crippen LogP contribution in [0.2, 0.25) is 0 Å². The van der Waals surface area contributed by atoms with Crippen LogP contribution in [0.3, 0.4) is 0 Å². The molecule has 4 rings (SSSR count). The second-order valence-electron chi connectivity index (χ2n) is 7.42. The first kappa shape index (κ1) is 21.2. The van der Waals surface area contributed by atoms with Gasteiger partial charge in [0.25, 0.3) is 5.91 Å². The second kappa shape index (κ2) is 9.82. The zero-order valence-corrected chi connectivity index (χ0v) is 17.6. The van der Waals surface area contributed by atoms with E-state index in [2.05, 4.69) is 20.9 Å². The molecule has 1 saturated carbocycles. The minimum Gasteiger partial charge on any atom is -0.493 e. The van der Waals surface area contributed by atoms with Crippen molar-refractivity contribution in [1.29, 1.82) is 0 Å². The number of amides is 3. The molecular formula is C24H24N4O4. The third kappa shape index (κ3) is 5.75. The van der Waals surface area contributed by atoms with Crippen molar-refractivity contribution in [2.24, 2.45) is 0 Å². The fraction of sp³-hybridized carbons (Fsp3) is 0.208. The molecule has 164 valence electrons. The van der Waals surface area contributed by atoms with E-state index in [0.29, 0.717) is 35.0 Å². The summed E-state index contributed by atoms with van der Waals surface area (Å²) >= 11 is 0. The molecule has 3 aromatic rings. The zero-order chi connectivity index (χ0) is 22.3. The van der Waals surface area contributed by atoms with E-state index in [1.54, 1.807) is 62.0 Å². The molecule has 1 heterocycles. The van der Waals surface area contributed by atoms with Crippen LogP contribution in [0.5, 0.6) is 11.5 Å². The van der Waals surface area contributed by atoms with E-state index in [1.165, 1.54) is 0 Å². The number of methoxy groups -OCH3 is 1. The second-order valence-corrected chi connectivity index (χ2v) is 7.42. The molecule has 8 heteroatoms. The summed E-state index contributed by atoms with van der Waals surface area (Å²) < 4.78 is 11.2. The molecule has 8 nitrogen and oxygen atoms in total. The number of carbonyl (C=O) groups excluding carboxylic acids is 2. The molecule has 0 aliphatic heterocycles. The number of benzene rings is 2. The highest BCUT2D eigenvalue weighted by Gasteiger charge is 2.23. The van der Waals surface area contributed by atoms with Crippen LogP contribution in [0.1, 0.15) is 28.8 Å². The Hall–Kier alpha value is -4.07. The molecule has 32 heavy (non-hydrogen) atoms. The van der Waals surface area contributed by atoms with E-state index in [4.69, 9.17) is 9.47 Å². The summed E-state index contributed by atoms with van der Waals surface area (Å²) in [7, 11) is 1.56. The van der Waals surface area contributed by atoms with Gasteiger partial charge in [-0.15, -0.1) is 0 Å². The molecule has 2 aromatic carbocycles. The summed E-state index contributed by atoms with van der Waals surface area (Å²) in [5.74, 6) is 0.765. The highest BCUT2D eigenvalue weighted by molar-refractivity contribution is 6.05. The van der Waals surface area contributed by atoms with Crippen LogP contribution in [0.25, 0.3) is 0 Å². The number of nitrogens with one attached hydrogen (secondary N) is 3. The summed E-state index contributed by atoms with van der Waals surface area (Å²) in [4.78, 5) is 28.7. The summed E-state index contributed by atoms with van der Waals surface area (Å²) in [6.45, 7) is 0.340. The molecule has 0 unspecified atom stereocenters. The van der Waals surface area contributed by atoms with Crippen molar-refractivity contribution in [1.82, 2.24) is 10.3 Å². The first-order chi connectivity index (χ1) is 15.6. The first-order valence-electron chi connectivity index (χ1n) is 10.3. The van der Waals surface area contributed by atoms with E-state index < -0.39 is 0 Å². The molecule has 3 amide bonds. The number of anilines is 2. The summed E-state index contributed by atoms with van der Waals surface area (Å²) in [6, 6.07) is 15.7. The van der Waals surface area contributed by atoms with Crippen LogP contribution in [0, 0.1) is 0 Å². The summed E-state index contributed by atoms with van der Waals surface area (Å²) in [6.07, 6.45) is 5.41. The van der Waals surface area contributed by atoms with Gasteiger partial charge in [-0.25, -0.2) is 4.79 Å². The molecule has 0 radical (unpaired) electrons. The standard InChI is InChI=1S/C24H24N4O4/c1-31-21-8-7-20(14-22(21)32-15-16-9-11-25-12-10-16)26-23(29)17-3-2-4-19(13-17)28-24(30)27-18-5-6-18/h2-4,7-14,18H,5-6,15H2,1H3,(H,26,29)(H2,27,28,30). The molecule has 0 atom stereocenters. The van der Waals surface area contributed by atoms with Crippen molar-refractivity contribution >= 4 is 23.3 Å². The van der Waals surface area contributed by atoms with Gasteiger partial charge in [-0.1, -0.05) is 6.07 Å². The number of hydrogen-bond donors (Lipinski definition) is 3. The fourth-order valence-corrected chi connectivity index (χ4v) is 3.03. The Morgan fingerprint density at radius 3 is 2.50 bits per heavy atom. The molecule has 1 aliphatic carbocycles. The molecule has 0 bridgehead atoms. The van der Waals surface area contributed by atoms with Crippen molar-refractivity contribution < 1.29 is 19.1 Å². The van der Waals surface area contributed by atoms with Crippen LogP contribution in [0.15, 0.2) is 67.0 Å². The molecule has 1 aromatic heterocycles. The van der Waals surface area contributed by atoms with Crippen LogP contribution in [-0.4, -0.2) is 30.1 Å². The average molecular weight is 432 g/mol. The molecular weight excluding hydrogens is 408 g/mol. The third-order valence-electron chi connectivity index (χ3n) is 4.86. The first-order valence-corrected chi connectivity index (χ1v) is 10.3. The Kier molecular flexibility index (Phi) is 6.50. The lowest BCUT2D eigenvalue weighted by atomic mass is 10.1. The highest BCUT2D eigenvalue weighted by Crippen LogP contribution is 2.31. The fourth-order valence-electron chi connectivity index (χ4n) is 3.03. The maximum Gasteiger partial charge on any atom is 0.319 e. The summed E-state index contributed by atoms with van der Waals surface area (Å²) in [5, 5.41) is 8.47. The SMILES string of the molecule is COc1ccc(NC(=O)c2cccc(NC(=O)NC3CC3)c2)cc1OCc1ccncc1. The van der Waals surface area contributed by atoms with Crippen LogP contribution >= 0.6 is 0 Å². The normalized spacial score (nSPS) is 12.5. The van der Waals surface area contributed by atoms with Gasteiger partial charge < -0.3 is 25.4 Å². The monoisotopic (exact) mass is 432 g/mol. The van der Waals surface area contributed by atoms with E-state index in [9.17, 15) is 9.59 Å². The highest BCUT2D eigenvalue weighted by atomic mass is 16.5. The molecule has 0 saturated heterocycles. The smallest absolute Gasteiger partial charge is 0.319 e. The number of aromatic nitrogens is 1. The van der Waals surface area contributed by atoms with E-state index in [0.717, 1.165) is 18.4 Å². The number of pyridine rings is 1. The number of rotatable bonds is 8. The van der Waals surface area contributed by atoms with Crippen molar-refractivity contribution in [2.45, 2.75) is 25.5 Å². The molecule has 3 N–H and O–H groups in total. The Morgan fingerprint density at radius 1 is 0.969 bits per heavy atom. The van der Waals surface area contributed by atoms with E-state index >= 15 is 0 Å². The predicted octanol–water partition coefficient (Wildman–Crippen LogP) is 4.21. The van der Waals surface area contributed by atoms with Crippen molar-refractivity contribution in [3.05, 3.63) is 78.1 Å². The van der Waals surface area contributed by atoms with Gasteiger partial charge in [-0.3, -0.25) is 9.78 Å². The third-order valence-corrected chi connectivity index (χ3v) is 4.86. The van der Waals surface area contributed by atoms with Crippen LogP contribution < -0.4 is 25.4 Å². The largest absolute Gasteiger partial charge is 0.493 e. The van der Waals surface area contributed by atoms with Crippen molar-refractivity contribution in [2.75, 3.05) is 17.7 Å². The maximum atomic E-state index is 12.8. The van der Waals surface area contributed by atoms with Gasteiger partial charge in [0, 0.05) is 41.4 Å². The lowest BCUT2D eigenvalue weighted by molar-refractivity contribution is 0.102. The molecule has 0 spiro atoms. The minimum atomic E-state index is -0.304. The molecule has 1 aliphatic rings. The Morgan fingerprint density at radius 2 is 1.75 bits per heavy atom. The number of carbonyl (C=O) groups is 2. The lowest BCUT2D eigenvalue weighted by Gasteiger charge is -2.13. The number of hydrogen-bond acceptors (Lipinski definition) is 5. The number of urea groups is 1. The minimum absolute atomic E-state index is 0.256. The topological polar surface area (TPSA) is 102 Å². The van der Waals surface area contributed by atoms with E-state index in [-0.39, 0.29) is 18.0 Å². The number of nitrogens with zero attached hydrogens (tertiary/aromatic N) is 1. The van der Waals surface area contributed by atoms with E-state index in [1.807, 2.05) is 12.1 Å². The van der Waals surface area contributed by atoms with Crippen LogP contribution in [0.4, 0.5) is 16.2 Å².